The van der Waals surface area contributed by atoms with Crippen molar-refractivity contribution in [1.29, 1.82) is 5.26 Å². The first-order valence-corrected chi connectivity index (χ1v) is 7.47. The number of nitrogens with zero attached hydrogens (tertiary/aromatic N) is 1. The average Bonchev–Trinajstić information content (AvgIpc) is 2.48. The predicted octanol–water partition coefficient (Wildman–Crippen LogP) is 4.18. The molecule has 2 heteroatoms. The van der Waals surface area contributed by atoms with Crippen LogP contribution in [-0.2, 0) is 0 Å². The fourth-order valence-electron chi connectivity index (χ4n) is 3.14. The van der Waals surface area contributed by atoms with E-state index in [4.69, 9.17) is 5.26 Å². The summed E-state index contributed by atoms with van der Waals surface area (Å²) in [6.45, 7) is 4.50. The van der Waals surface area contributed by atoms with Gasteiger partial charge >= 0.3 is 0 Å². The molecule has 1 aliphatic carbocycles. The molecule has 0 spiro atoms. The van der Waals surface area contributed by atoms with E-state index in [1.807, 2.05) is 18.2 Å². The Morgan fingerprint density at radius 1 is 1.21 bits per heavy atom. The highest BCUT2D eigenvalue weighted by atomic mass is 14.9. The van der Waals surface area contributed by atoms with Crippen LogP contribution in [0.25, 0.3) is 0 Å². The molecule has 0 saturated heterocycles. The van der Waals surface area contributed by atoms with Gasteiger partial charge in [-0.25, -0.2) is 0 Å². The third-order valence-electron chi connectivity index (χ3n) is 4.39. The van der Waals surface area contributed by atoms with Gasteiger partial charge in [0.1, 0.15) is 0 Å². The first-order valence-electron chi connectivity index (χ1n) is 7.47. The van der Waals surface area contributed by atoms with E-state index < -0.39 is 0 Å². The molecule has 2 atom stereocenters. The molecule has 102 valence electrons. The zero-order valence-corrected chi connectivity index (χ0v) is 12.0. The lowest BCUT2D eigenvalue weighted by Crippen LogP contribution is -2.36. The molecule has 1 saturated carbocycles. The molecule has 0 bridgehead atoms. The van der Waals surface area contributed by atoms with Crippen molar-refractivity contribution >= 4 is 0 Å². The molecule has 2 nitrogen and oxygen atoms in total. The molecule has 0 aliphatic heterocycles. The Labute approximate surface area is 116 Å². The Morgan fingerprint density at radius 3 is 2.63 bits per heavy atom. The van der Waals surface area contributed by atoms with Crippen LogP contribution in [-0.4, -0.2) is 6.04 Å². The normalized spacial score (nSPS) is 19.6. The van der Waals surface area contributed by atoms with Crippen LogP contribution < -0.4 is 5.32 Å². The van der Waals surface area contributed by atoms with Gasteiger partial charge in [0.25, 0.3) is 0 Å². The third kappa shape index (κ3) is 3.81. The van der Waals surface area contributed by atoms with Gasteiger partial charge in [-0.05, 0) is 50.3 Å². The monoisotopic (exact) mass is 256 g/mol. The second kappa shape index (κ2) is 6.73. The molecule has 1 fully saturated rings. The third-order valence-corrected chi connectivity index (χ3v) is 4.39. The Morgan fingerprint density at radius 2 is 1.95 bits per heavy atom. The SMILES string of the molecule is CC(N[C@@H](C)C1CCCCC1)c1cccc(C#N)c1. The Hall–Kier alpha value is -1.33. The van der Waals surface area contributed by atoms with Crippen molar-refractivity contribution in [2.75, 3.05) is 0 Å². The van der Waals surface area contributed by atoms with Gasteiger partial charge in [-0.3, -0.25) is 0 Å². The average molecular weight is 256 g/mol. The molecular formula is C17H24N2. The summed E-state index contributed by atoms with van der Waals surface area (Å²) < 4.78 is 0. The summed E-state index contributed by atoms with van der Waals surface area (Å²) in [4.78, 5) is 0. The summed E-state index contributed by atoms with van der Waals surface area (Å²) in [5.74, 6) is 0.815. The maximum absolute atomic E-state index is 8.96. The van der Waals surface area contributed by atoms with Gasteiger partial charge in [-0.2, -0.15) is 5.26 Å². The molecule has 2 rings (SSSR count). The van der Waals surface area contributed by atoms with Crippen molar-refractivity contribution < 1.29 is 0 Å². The summed E-state index contributed by atoms with van der Waals surface area (Å²) in [7, 11) is 0. The van der Waals surface area contributed by atoms with Crippen LogP contribution in [0.1, 0.15) is 63.1 Å². The van der Waals surface area contributed by atoms with E-state index >= 15 is 0 Å². The van der Waals surface area contributed by atoms with Gasteiger partial charge in [0.15, 0.2) is 0 Å². The molecular weight excluding hydrogens is 232 g/mol. The Kier molecular flexibility index (Phi) is 4.99. The van der Waals surface area contributed by atoms with Crippen molar-refractivity contribution in [3.8, 4) is 6.07 Å². The largest absolute Gasteiger partial charge is 0.307 e. The maximum Gasteiger partial charge on any atom is 0.0991 e. The number of hydrogen-bond acceptors (Lipinski definition) is 2. The molecule has 1 unspecified atom stereocenters. The van der Waals surface area contributed by atoms with Crippen LogP contribution in [0.4, 0.5) is 0 Å². The molecule has 0 aromatic heterocycles. The second-order valence-corrected chi connectivity index (χ2v) is 5.81. The van der Waals surface area contributed by atoms with Crippen LogP contribution in [0.3, 0.4) is 0 Å². The minimum absolute atomic E-state index is 0.310. The molecule has 1 aromatic rings. The van der Waals surface area contributed by atoms with Crippen molar-refractivity contribution in [3.63, 3.8) is 0 Å². The molecule has 0 amide bonds. The van der Waals surface area contributed by atoms with Crippen LogP contribution in [0, 0.1) is 17.2 Å². The molecule has 0 radical (unpaired) electrons. The van der Waals surface area contributed by atoms with E-state index in [0.29, 0.717) is 12.1 Å². The minimum atomic E-state index is 0.310. The Bertz CT molecular complexity index is 441. The number of nitrogens with one attached hydrogen (secondary N) is 1. The van der Waals surface area contributed by atoms with E-state index in [1.54, 1.807) is 0 Å². The highest BCUT2D eigenvalue weighted by Gasteiger charge is 2.21. The molecule has 0 heterocycles. The summed E-state index contributed by atoms with van der Waals surface area (Å²) in [5.41, 5.74) is 1.96. The number of hydrogen-bond donors (Lipinski definition) is 1. The van der Waals surface area contributed by atoms with E-state index in [2.05, 4.69) is 31.3 Å². The van der Waals surface area contributed by atoms with Crippen molar-refractivity contribution in [2.45, 2.75) is 58.0 Å². The maximum atomic E-state index is 8.96. The quantitative estimate of drug-likeness (QED) is 0.877. The predicted molar refractivity (Wildman–Crippen MR) is 78.7 cm³/mol. The first-order chi connectivity index (χ1) is 9.20. The minimum Gasteiger partial charge on any atom is -0.307 e. The van der Waals surface area contributed by atoms with Gasteiger partial charge in [0, 0.05) is 12.1 Å². The highest BCUT2D eigenvalue weighted by Crippen LogP contribution is 2.27. The summed E-state index contributed by atoms with van der Waals surface area (Å²) in [5, 5.41) is 12.7. The zero-order valence-electron chi connectivity index (χ0n) is 12.0. The van der Waals surface area contributed by atoms with Crippen molar-refractivity contribution in [3.05, 3.63) is 35.4 Å². The van der Waals surface area contributed by atoms with Crippen LogP contribution in [0.2, 0.25) is 0 Å². The van der Waals surface area contributed by atoms with Gasteiger partial charge in [-0.15, -0.1) is 0 Å². The number of nitriles is 1. The highest BCUT2D eigenvalue weighted by molar-refractivity contribution is 5.34. The molecule has 1 aliphatic rings. The van der Waals surface area contributed by atoms with Crippen LogP contribution >= 0.6 is 0 Å². The van der Waals surface area contributed by atoms with Gasteiger partial charge < -0.3 is 5.32 Å². The van der Waals surface area contributed by atoms with Crippen molar-refractivity contribution in [2.24, 2.45) is 5.92 Å². The van der Waals surface area contributed by atoms with Crippen molar-refractivity contribution in [1.82, 2.24) is 5.32 Å². The van der Waals surface area contributed by atoms with E-state index in [9.17, 15) is 0 Å². The van der Waals surface area contributed by atoms with E-state index in [-0.39, 0.29) is 0 Å². The summed E-state index contributed by atoms with van der Waals surface area (Å²) >= 11 is 0. The molecule has 19 heavy (non-hydrogen) atoms. The van der Waals surface area contributed by atoms with Gasteiger partial charge in [0.2, 0.25) is 0 Å². The number of rotatable bonds is 4. The Balaban J connectivity index is 1.95. The van der Waals surface area contributed by atoms with Gasteiger partial charge in [-0.1, -0.05) is 31.4 Å². The van der Waals surface area contributed by atoms with Gasteiger partial charge in [0.05, 0.1) is 11.6 Å². The lowest BCUT2D eigenvalue weighted by molar-refractivity contribution is 0.268. The van der Waals surface area contributed by atoms with E-state index in [1.165, 1.54) is 37.7 Å². The molecule has 1 N–H and O–H groups in total. The number of benzene rings is 1. The molecule has 1 aromatic carbocycles. The summed E-state index contributed by atoms with van der Waals surface area (Å²) in [6, 6.07) is 11.0. The fourth-order valence-corrected chi connectivity index (χ4v) is 3.14. The lowest BCUT2D eigenvalue weighted by Gasteiger charge is -2.30. The first kappa shape index (κ1) is 14.1. The standard InChI is InChI=1S/C17H24N2/c1-13(16-8-4-3-5-9-16)19-14(2)17-10-6-7-15(11-17)12-18/h6-7,10-11,13-14,16,19H,3-5,8-9H2,1-2H3/t13-,14?/m0/s1. The van der Waals surface area contributed by atoms with E-state index in [0.717, 1.165) is 11.5 Å². The smallest absolute Gasteiger partial charge is 0.0991 e. The zero-order chi connectivity index (χ0) is 13.7. The van der Waals surface area contributed by atoms with Crippen LogP contribution in [0.15, 0.2) is 24.3 Å². The summed E-state index contributed by atoms with van der Waals surface area (Å²) in [6.07, 6.45) is 6.89. The fraction of sp³-hybridized carbons (Fsp3) is 0.588. The second-order valence-electron chi connectivity index (χ2n) is 5.81. The lowest BCUT2D eigenvalue weighted by atomic mass is 9.84. The topological polar surface area (TPSA) is 35.8 Å². The van der Waals surface area contributed by atoms with Crippen LogP contribution in [0.5, 0.6) is 0 Å².